The number of carboxylic acid groups (broad SMARTS) is 1. The first-order chi connectivity index (χ1) is 9.75. The molecular weight excluding hydrogens is 290 g/mol. The maximum Gasteiger partial charge on any atom is 0.346 e. The minimum Gasteiger partial charge on any atom is -0.477 e. The fraction of sp³-hybridized carbons (Fsp3) is 0.133. The SMILES string of the molecule is O=C(O)c1sc2ccccc2c1CNCc1ccsc1. The molecule has 0 atom stereocenters. The number of thiophene rings is 2. The third kappa shape index (κ3) is 2.60. The van der Waals surface area contributed by atoms with Crippen molar-refractivity contribution in [1.82, 2.24) is 5.32 Å². The van der Waals surface area contributed by atoms with Gasteiger partial charge in [0, 0.05) is 17.8 Å². The Bertz CT molecular complexity index is 732. The van der Waals surface area contributed by atoms with Crippen LogP contribution in [-0.4, -0.2) is 11.1 Å². The second kappa shape index (κ2) is 5.75. The molecule has 5 heteroatoms. The first-order valence-corrected chi connectivity index (χ1v) is 7.97. The van der Waals surface area contributed by atoms with Gasteiger partial charge in [0.25, 0.3) is 0 Å². The summed E-state index contributed by atoms with van der Waals surface area (Å²) >= 11 is 3.01. The molecule has 0 spiro atoms. The van der Waals surface area contributed by atoms with Gasteiger partial charge in [-0.25, -0.2) is 4.79 Å². The van der Waals surface area contributed by atoms with Crippen LogP contribution in [0.3, 0.4) is 0 Å². The molecule has 0 aliphatic carbocycles. The van der Waals surface area contributed by atoms with Gasteiger partial charge in [0.1, 0.15) is 4.88 Å². The van der Waals surface area contributed by atoms with Gasteiger partial charge < -0.3 is 10.4 Å². The molecule has 0 radical (unpaired) electrons. The third-order valence-corrected chi connectivity index (χ3v) is 5.04. The summed E-state index contributed by atoms with van der Waals surface area (Å²) in [5, 5.41) is 17.8. The molecule has 0 saturated carbocycles. The van der Waals surface area contributed by atoms with Gasteiger partial charge >= 0.3 is 5.97 Å². The number of nitrogens with one attached hydrogen (secondary N) is 1. The van der Waals surface area contributed by atoms with Crippen LogP contribution in [0.15, 0.2) is 41.1 Å². The molecule has 2 N–H and O–H groups in total. The molecule has 0 bridgehead atoms. The normalized spacial score (nSPS) is 11.0. The average Bonchev–Trinajstić information content (AvgIpc) is 3.07. The van der Waals surface area contributed by atoms with E-state index in [1.54, 1.807) is 11.3 Å². The van der Waals surface area contributed by atoms with E-state index in [1.165, 1.54) is 16.9 Å². The van der Waals surface area contributed by atoms with E-state index in [-0.39, 0.29) is 0 Å². The molecule has 0 unspecified atom stereocenters. The first-order valence-electron chi connectivity index (χ1n) is 6.21. The van der Waals surface area contributed by atoms with E-state index in [2.05, 4.69) is 16.8 Å². The summed E-state index contributed by atoms with van der Waals surface area (Å²) in [6, 6.07) is 9.91. The summed E-state index contributed by atoms with van der Waals surface area (Å²) in [7, 11) is 0. The van der Waals surface area contributed by atoms with Gasteiger partial charge in [-0.3, -0.25) is 0 Å². The van der Waals surface area contributed by atoms with Gasteiger partial charge in [-0.15, -0.1) is 11.3 Å². The number of aromatic carboxylic acids is 1. The minimum absolute atomic E-state index is 0.434. The highest BCUT2D eigenvalue weighted by atomic mass is 32.1. The van der Waals surface area contributed by atoms with Crippen molar-refractivity contribution in [3.63, 3.8) is 0 Å². The van der Waals surface area contributed by atoms with Crippen molar-refractivity contribution < 1.29 is 9.90 Å². The second-order valence-electron chi connectivity index (χ2n) is 4.45. The Kier molecular flexibility index (Phi) is 3.82. The molecule has 3 rings (SSSR count). The quantitative estimate of drug-likeness (QED) is 0.750. The van der Waals surface area contributed by atoms with Crippen LogP contribution in [-0.2, 0) is 13.1 Å². The third-order valence-electron chi connectivity index (χ3n) is 3.10. The van der Waals surface area contributed by atoms with Crippen LogP contribution in [0.5, 0.6) is 0 Å². The van der Waals surface area contributed by atoms with Crippen molar-refractivity contribution in [2.24, 2.45) is 0 Å². The van der Waals surface area contributed by atoms with Crippen LogP contribution in [0, 0.1) is 0 Å². The zero-order valence-corrected chi connectivity index (χ0v) is 12.3. The van der Waals surface area contributed by atoms with Crippen LogP contribution in [0.2, 0.25) is 0 Å². The molecule has 0 fully saturated rings. The maximum atomic E-state index is 11.4. The van der Waals surface area contributed by atoms with Crippen LogP contribution in [0.25, 0.3) is 10.1 Å². The molecule has 102 valence electrons. The number of benzene rings is 1. The highest BCUT2D eigenvalue weighted by Gasteiger charge is 2.16. The summed E-state index contributed by atoms with van der Waals surface area (Å²) < 4.78 is 1.03. The van der Waals surface area contributed by atoms with Gasteiger partial charge in [-0.05, 0) is 39.4 Å². The number of carbonyl (C=O) groups is 1. The van der Waals surface area contributed by atoms with Crippen molar-refractivity contribution in [1.29, 1.82) is 0 Å². The lowest BCUT2D eigenvalue weighted by Gasteiger charge is -2.04. The Morgan fingerprint density at radius 1 is 1.20 bits per heavy atom. The van der Waals surface area contributed by atoms with Crippen molar-refractivity contribution >= 4 is 38.7 Å². The van der Waals surface area contributed by atoms with Gasteiger partial charge in [0.05, 0.1) is 0 Å². The fourth-order valence-corrected chi connectivity index (χ4v) is 3.90. The molecule has 3 aromatic rings. The van der Waals surface area contributed by atoms with E-state index in [9.17, 15) is 9.90 Å². The fourth-order valence-electron chi connectivity index (χ4n) is 2.17. The number of fused-ring (bicyclic) bond motifs is 1. The molecule has 0 amide bonds. The van der Waals surface area contributed by atoms with Crippen molar-refractivity contribution in [3.05, 3.63) is 57.1 Å². The van der Waals surface area contributed by atoms with Crippen LogP contribution < -0.4 is 5.32 Å². The first kappa shape index (κ1) is 13.3. The lowest BCUT2D eigenvalue weighted by atomic mass is 10.1. The number of hydrogen-bond donors (Lipinski definition) is 2. The van der Waals surface area contributed by atoms with E-state index in [4.69, 9.17) is 0 Å². The van der Waals surface area contributed by atoms with Crippen LogP contribution in [0.1, 0.15) is 20.8 Å². The minimum atomic E-state index is -0.849. The highest BCUT2D eigenvalue weighted by molar-refractivity contribution is 7.21. The van der Waals surface area contributed by atoms with Crippen molar-refractivity contribution in [2.75, 3.05) is 0 Å². The van der Waals surface area contributed by atoms with E-state index in [0.717, 1.165) is 22.2 Å². The standard InChI is InChI=1S/C15H13NO2S2/c17-15(18)14-12(8-16-7-10-5-6-19-9-10)11-3-1-2-4-13(11)20-14/h1-6,9,16H,7-8H2,(H,17,18). The smallest absolute Gasteiger partial charge is 0.346 e. The maximum absolute atomic E-state index is 11.4. The number of rotatable bonds is 5. The topological polar surface area (TPSA) is 49.3 Å². The van der Waals surface area contributed by atoms with E-state index in [1.807, 2.05) is 29.6 Å². The Hall–Kier alpha value is -1.69. The zero-order chi connectivity index (χ0) is 13.9. The Labute approximate surface area is 124 Å². The van der Waals surface area contributed by atoms with Gasteiger partial charge in [-0.2, -0.15) is 11.3 Å². The summed E-state index contributed by atoms with van der Waals surface area (Å²) in [5.41, 5.74) is 2.11. The van der Waals surface area contributed by atoms with Crippen LogP contribution >= 0.6 is 22.7 Å². The monoisotopic (exact) mass is 303 g/mol. The summed E-state index contributed by atoms with van der Waals surface area (Å²) in [5.74, 6) is -0.849. The lowest BCUT2D eigenvalue weighted by Crippen LogP contribution is -2.13. The average molecular weight is 303 g/mol. The molecular formula is C15H13NO2S2. The molecule has 0 saturated heterocycles. The summed E-state index contributed by atoms with van der Waals surface area (Å²) in [4.78, 5) is 11.8. The van der Waals surface area contributed by atoms with Crippen LogP contribution in [0.4, 0.5) is 0 Å². The molecule has 0 aliphatic heterocycles. The predicted octanol–water partition coefficient (Wildman–Crippen LogP) is 3.95. The van der Waals surface area contributed by atoms with Crippen molar-refractivity contribution in [3.8, 4) is 0 Å². The molecule has 0 aliphatic rings. The zero-order valence-electron chi connectivity index (χ0n) is 10.6. The van der Waals surface area contributed by atoms with Gasteiger partial charge in [0.2, 0.25) is 0 Å². The molecule has 2 aromatic heterocycles. The largest absolute Gasteiger partial charge is 0.477 e. The predicted molar refractivity (Wildman–Crippen MR) is 83.6 cm³/mol. The molecule has 2 heterocycles. The number of carboxylic acids is 1. The van der Waals surface area contributed by atoms with E-state index < -0.39 is 5.97 Å². The molecule has 1 aromatic carbocycles. The number of hydrogen-bond acceptors (Lipinski definition) is 4. The van der Waals surface area contributed by atoms with Gasteiger partial charge in [0.15, 0.2) is 0 Å². The molecule has 3 nitrogen and oxygen atoms in total. The highest BCUT2D eigenvalue weighted by Crippen LogP contribution is 2.31. The second-order valence-corrected chi connectivity index (χ2v) is 6.28. The Balaban J connectivity index is 1.85. The van der Waals surface area contributed by atoms with Crippen molar-refractivity contribution in [2.45, 2.75) is 13.1 Å². The summed E-state index contributed by atoms with van der Waals surface area (Å²) in [6.45, 7) is 1.33. The van der Waals surface area contributed by atoms with E-state index >= 15 is 0 Å². The molecule has 20 heavy (non-hydrogen) atoms. The Morgan fingerprint density at radius 3 is 2.80 bits per heavy atom. The van der Waals surface area contributed by atoms with E-state index in [0.29, 0.717) is 11.4 Å². The summed E-state index contributed by atoms with van der Waals surface area (Å²) in [6.07, 6.45) is 0. The van der Waals surface area contributed by atoms with Gasteiger partial charge in [-0.1, -0.05) is 18.2 Å². The lowest BCUT2D eigenvalue weighted by molar-refractivity contribution is 0.0701. The Morgan fingerprint density at radius 2 is 2.05 bits per heavy atom.